The molecule has 3 N–H and O–H groups in total. The Morgan fingerprint density at radius 2 is 2.42 bits per heavy atom. The van der Waals surface area contributed by atoms with Crippen molar-refractivity contribution < 1.29 is 14.4 Å². The van der Waals surface area contributed by atoms with Crippen molar-refractivity contribution >= 4 is 0 Å². The molecular weight excluding hydrogens is 160 g/mol. The van der Waals surface area contributed by atoms with Crippen molar-refractivity contribution in [2.24, 2.45) is 5.73 Å². The molecule has 68 valence electrons. The normalized spacial score (nSPS) is 13.0. The molecule has 1 rings (SSSR count). The third-order valence-electron chi connectivity index (χ3n) is 1.64. The standard InChI is InChI=1S/C7H12N2O3/c1-4-6(5(8)3-10)12-9-7(4)11-2/h5,10H,3,8H2,1-2H3. The summed E-state index contributed by atoms with van der Waals surface area (Å²) in [5.41, 5.74) is 6.26. The van der Waals surface area contributed by atoms with Crippen LogP contribution in [0.25, 0.3) is 0 Å². The van der Waals surface area contributed by atoms with Gasteiger partial charge in [-0.2, -0.15) is 0 Å². The van der Waals surface area contributed by atoms with Crippen LogP contribution in [0.3, 0.4) is 0 Å². The summed E-state index contributed by atoms with van der Waals surface area (Å²) in [4.78, 5) is 0. The van der Waals surface area contributed by atoms with Gasteiger partial charge in [0.2, 0.25) is 0 Å². The van der Waals surface area contributed by atoms with Crippen molar-refractivity contribution in [3.63, 3.8) is 0 Å². The second kappa shape index (κ2) is 3.55. The average molecular weight is 172 g/mol. The summed E-state index contributed by atoms with van der Waals surface area (Å²) in [6.07, 6.45) is 0. The van der Waals surface area contributed by atoms with Crippen molar-refractivity contribution in [2.45, 2.75) is 13.0 Å². The Balaban J connectivity index is 2.93. The van der Waals surface area contributed by atoms with E-state index in [-0.39, 0.29) is 6.61 Å². The van der Waals surface area contributed by atoms with E-state index in [2.05, 4.69) is 5.16 Å². The van der Waals surface area contributed by atoms with E-state index in [9.17, 15) is 0 Å². The Bertz CT molecular complexity index is 259. The zero-order valence-electron chi connectivity index (χ0n) is 7.07. The SMILES string of the molecule is COc1noc(C(N)CO)c1C. The maximum atomic E-state index is 8.74. The quantitative estimate of drug-likeness (QED) is 0.669. The topological polar surface area (TPSA) is 81.5 Å². The summed E-state index contributed by atoms with van der Waals surface area (Å²) < 4.78 is 9.76. The molecule has 5 nitrogen and oxygen atoms in total. The van der Waals surface area contributed by atoms with Gasteiger partial charge in [-0.05, 0) is 12.1 Å². The van der Waals surface area contributed by atoms with Crippen molar-refractivity contribution in [1.82, 2.24) is 5.16 Å². The first-order valence-electron chi connectivity index (χ1n) is 3.57. The number of hydrogen-bond donors (Lipinski definition) is 2. The number of ether oxygens (including phenoxy) is 1. The fraction of sp³-hybridized carbons (Fsp3) is 0.571. The highest BCUT2D eigenvalue weighted by molar-refractivity contribution is 5.28. The molecule has 0 aliphatic rings. The number of aliphatic hydroxyl groups excluding tert-OH is 1. The van der Waals surface area contributed by atoms with E-state index in [1.165, 1.54) is 7.11 Å². The molecule has 5 heteroatoms. The monoisotopic (exact) mass is 172 g/mol. The highest BCUT2D eigenvalue weighted by Crippen LogP contribution is 2.23. The summed E-state index contributed by atoms with van der Waals surface area (Å²) in [7, 11) is 1.50. The third kappa shape index (κ3) is 1.41. The summed E-state index contributed by atoms with van der Waals surface area (Å²) in [5.74, 6) is 0.878. The molecule has 0 bridgehead atoms. The molecular formula is C7H12N2O3. The van der Waals surface area contributed by atoms with Crippen molar-refractivity contribution in [2.75, 3.05) is 13.7 Å². The minimum atomic E-state index is -0.526. The zero-order valence-corrected chi connectivity index (χ0v) is 7.07. The lowest BCUT2D eigenvalue weighted by Gasteiger charge is -2.02. The Morgan fingerprint density at radius 3 is 2.83 bits per heavy atom. The molecule has 0 aliphatic carbocycles. The van der Waals surface area contributed by atoms with Gasteiger partial charge in [0.1, 0.15) is 0 Å². The van der Waals surface area contributed by atoms with E-state index in [4.69, 9.17) is 20.1 Å². The molecule has 0 aliphatic heterocycles. The van der Waals surface area contributed by atoms with Gasteiger partial charge in [-0.3, -0.25) is 0 Å². The van der Waals surface area contributed by atoms with E-state index in [1.54, 1.807) is 6.92 Å². The number of rotatable bonds is 3. The maximum Gasteiger partial charge on any atom is 0.257 e. The number of aromatic nitrogens is 1. The first-order valence-corrected chi connectivity index (χ1v) is 3.57. The van der Waals surface area contributed by atoms with E-state index in [0.29, 0.717) is 11.6 Å². The predicted octanol–water partition coefficient (Wildman–Crippen LogP) is -0.0163. The minimum absolute atomic E-state index is 0.167. The molecule has 0 amide bonds. The van der Waals surface area contributed by atoms with Crippen LogP contribution in [0, 0.1) is 6.92 Å². The van der Waals surface area contributed by atoms with E-state index < -0.39 is 6.04 Å². The number of aliphatic hydroxyl groups is 1. The molecule has 1 atom stereocenters. The smallest absolute Gasteiger partial charge is 0.257 e. The van der Waals surface area contributed by atoms with Crippen molar-refractivity contribution in [3.05, 3.63) is 11.3 Å². The molecule has 0 saturated heterocycles. The van der Waals surface area contributed by atoms with Crippen molar-refractivity contribution in [3.8, 4) is 5.88 Å². The molecule has 0 radical (unpaired) electrons. The summed E-state index contributed by atoms with van der Waals surface area (Å²) in [5, 5.41) is 12.4. The molecule has 1 heterocycles. The Kier molecular flexibility index (Phi) is 2.67. The lowest BCUT2D eigenvalue weighted by Crippen LogP contribution is -2.14. The molecule has 1 aromatic heterocycles. The van der Waals surface area contributed by atoms with Gasteiger partial charge in [0.05, 0.1) is 25.3 Å². The van der Waals surface area contributed by atoms with Crippen molar-refractivity contribution in [1.29, 1.82) is 0 Å². The van der Waals surface area contributed by atoms with Crippen LogP contribution >= 0.6 is 0 Å². The van der Waals surface area contributed by atoms with Gasteiger partial charge in [-0.25, -0.2) is 0 Å². The molecule has 1 unspecified atom stereocenters. The number of hydrogen-bond acceptors (Lipinski definition) is 5. The largest absolute Gasteiger partial charge is 0.479 e. The Morgan fingerprint density at radius 1 is 1.75 bits per heavy atom. The van der Waals surface area contributed by atoms with Gasteiger partial charge in [0.25, 0.3) is 5.88 Å². The molecule has 0 spiro atoms. The average Bonchev–Trinajstić information content (AvgIpc) is 2.45. The third-order valence-corrected chi connectivity index (χ3v) is 1.64. The predicted molar refractivity (Wildman–Crippen MR) is 41.8 cm³/mol. The van der Waals surface area contributed by atoms with Crippen LogP contribution in [0.2, 0.25) is 0 Å². The van der Waals surface area contributed by atoms with E-state index in [0.717, 1.165) is 5.56 Å². The van der Waals surface area contributed by atoms with Gasteiger partial charge in [0, 0.05) is 0 Å². The van der Waals surface area contributed by atoms with Crippen LogP contribution in [-0.4, -0.2) is 24.0 Å². The number of nitrogens with two attached hydrogens (primary N) is 1. The van der Waals surface area contributed by atoms with Crippen LogP contribution in [-0.2, 0) is 0 Å². The highest BCUT2D eigenvalue weighted by Gasteiger charge is 2.17. The van der Waals surface area contributed by atoms with Gasteiger partial charge in [-0.15, -0.1) is 0 Å². The fourth-order valence-electron chi connectivity index (χ4n) is 0.952. The Hall–Kier alpha value is -1.07. The lowest BCUT2D eigenvalue weighted by atomic mass is 10.2. The minimum Gasteiger partial charge on any atom is -0.479 e. The van der Waals surface area contributed by atoms with E-state index >= 15 is 0 Å². The highest BCUT2D eigenvalue weighted by atomic mass is 16.5. The summed E-state index contributed by atoms with van der Waals surface area (Å²) in [6.45, 7) is 1.61. The van der Waals surface area contributed by atoms with Crippen LogP contribution in [0.5, 0.6) is 5.88 Å². The summed E-state index contributed by atoms with van der Waals surface area (Å²) in [6, 6.07) is -0.526. The van der Waals surface area contributed by atoms with Gasteiger partial charge in [0.15, 0.2) is 5.76 Å². The second-order valence-corrected chi connectivity index (χ2v) is 2.47. The Labute approximate surface area is 70.1 Å². The van der Waals surface area contributed by atoms with Crippen LogP contribution < -0.4 is 10.5 Å². The molecule has 1 aromatic rings. The van der Waals surface area contributed by atoms with E-state index in [1.807, 2.05) is 0 Å². The first kappa shape index (κ1) is 9.02. The molecule has 0 aromatic carbocycles. The van der Waals surface area contributed by atoms with Crippen LogP contribution in [0.15, 0.2) is 4.52 Å². The van der Waals surface area contributed by atoms with Gasteiger partial charge >= 0.3 is 0 Å². The first-order chi connectivity index (χ1) is 5.70. The van der Waals surface area contributed by atoms with Gasteiger partial charge in [-0.1, -0.05) is 0 Å². The number of methoxy groups -OCH3 is 1. The van der Waals surface area contributed by atoms with Crippen LogP contribution in [0.4, 0.5) is 0 Å². The zero-order chi connectivity index (χ0) is 9.14. The van der Waals surface area contributed by atoms with Gasteiger partial charge < -0.3 is 20.1 Å². The molecule has 12 heavy (non-hydrogen) atoms. The maximum absolute atomic E-state index is 8.74. The fourth-order valence-corrected chi connectivity index (χ4v) is 0.952. The molecule has 0 saturated carbocycles. The molecule has 0 fully saturated rings. The summed E-state index contributed by atoms with van der Waals surface area (Å²) >= 11 is 0. The lowest BCUT2D eigenvalue weighted by molar-refractivity contribution is 0.238. The second-order valence-electron chi connectivity index (χ2n) is 2.47. The number of nitrogens with zero attached hydrogens (tertiary/aromatic N) is 1. The van der Waals surface area contributed by atoms with Crippen LogP contribution in [0.1, 0.15) is 17.4 Å².